The van der Waals surface area contributed by atoms with E-state index in [-0.39, 0.29) is 11.7 Å². The van der Waals surface area contributed by atoms with Crippen molar-refractivity contribution in [2.45, 2.75) is 46.1 Å². The molecule has 152 valence electrons. The molecule has 0 aliphatic rings. The lowest BCUT2D eigenvalue weighted by Crippen LogP contribution is -2.16. The van der Waals surface area contributed by atoms with Gasteiger partial charge < -0.3 is 4.57 Å². The third-order valence-electron chi connectivity index (χ3n) is 6.02. The highest BCUT2D eigenvalue weighted by Gasteiger charge is 2.27. The zero-order valence-electron chi connectivity index (χ0n) is 18.2. The van der Waals surface area contributed by atoms with Gasteiger partial charge in [0.2, 0.25) is 0 Å². The molecule has 1 aromatic heterocycles. The smallest absolute Gasteiger partial charge is 0.163 e. The number of rotatable bonds is 6. The van der Waals surface area contributed by atoms with Crippen molar-refractivity contribution in [2.75, 3.05) is 0 Å². The third kappa shape index (κ3) is 3.70. The van der Waals surface area contributed by atoms with Gasteiger partial charge in [0, 0.05) is 40.5 Å². The number of carbonyl (C=O) groups excluding carboxylic acids is 1. The van der Waals surface area contributed by atoms with E-state index in [0.29, 0.717) is 12.5 Å². The molecule has 0 bridgehead atoms. The fourth-order valence-corrected chi connectivity index (χ4v) is 4.53. The van der Waals surface area contributed by atoms with Crippen molar-refractivity contribution < 1.29 is 4.79 Å². The summed E-state index contributed by atoms with van der Waals surface area (Å²) < 4.78 is 2.42. The molecule has 1 unspecified atom stereocenters. The minimum atomic E-state index is 0.00751. The maximum Gasteiger partial charge on any atom is 0.163 e. The minimum absolute atomic E-state index is 0.00751. The van der Waals surface area contributed by atoms with Crippen LogP contribution in [0.5, 0.6) is 0 Å². The van der Waals surface area contributed by atoms with E-state index in [0.717, 1.165) is 5.56 Å². The van der Waals surface area contributed by atoms with Crippen molar-refractivity contribution in [3.8, 4) is 0 Å². The van der Waals surface area contributed by atoms with E-state index < -0.39 is 0 Å². The minimum Gasteiger partial charge on any atom is -0.341 e. The van der Waals surface area contributed by atoms with E-state index in [1.54, 1.807) is 0 Å². The van der Waals surface area contributed by atoms with Gasteiger partial charge in [-0.05, 0) is 44.9 Å². The highest BCUT2D eigenvalue weighted by atomic mass is 16.1. The van der Waals surface area contributed by atoms with Gasteiger partial charge >= 0.3 is 0 Å². The van der Waals surface area contributed by atoms with Crippen LogP contribution in [0.1, 0.15) is 65.0 Å². The predicted molar refractivity (Wildman–Crippen MR) is 125 cm³/mol. The number of carbonyl (C=O) groups is 1. The Balaban J connectivity index is 1.90. The monoisotopic (exact) mass is 395 g/mol. The van der Waals surface area contributed by atoms with Gasteiger partial charge in [-0.1, -0.05) is 78.4 Å². The Morgan fingerprint density at radius 1 is 0.833 bits per heavy atom. The van der Waals surface area contributed by atoms with Crippen LogP contribution in [0.25, 0.3) is 10.9 Å². The molecule has 3 aromatic carbocycles. The lowest BCUT2D eigenvalue weighted by molar-refractivity contribution is 0.0976. The summed E-state index contributed by atoms with van der Waals surface area (Å²) in [6.45, 7) is 8.75. The first kappa shape index (κ1) is 20.2. The number of para-hydroxylation sites is 1. The Hall–Kier alpha value is -3.13. The Morgan fingerprint density at radius 2 is 1.47 bits per heavy atom. The first-order valence-corrected chi connectivity index (χ1v) is 10.7. The van der Waals surface area contributed by atoms with E-state index in [1.165, 1.54) is 33.3 Å². The molecule has 2 heteroatoms. The maximum atomic E-state index is 13.3. The van der Waals surface area contributed by atoms with E-state index in [4.69, 9.17) is 0 Å². The fraction of sp³-hybridized carbons (Fsp3) is 0.250. The van der Waals surface area contributed by atoms with Crippen molar-refractivity contribution in [3.05, 3.63) is 107 Å². The normalized spacial score (nSPS) is 12.4. The van der Waals surface area contributed by atoms with Crippen LogP contribution >= 0.6 is 0 Å². The van der Waals surface area contributed by atoms with Gasteiger partial charge in [-0.15, -0.1) is 0 Å². The summed E-state index contributed by atoms with van der Waals surface area (Å²) in [6.07, 6.45) is 0.455. The SMILES string of the molecule is Cc1ccc(C(CC(=O)c2ccccc2)c2c(C)c3ccccc3n2C(C)C)cc1. The van der Waals surface area contributed by atoms with Crippen LogP contribution in [-0.2, 0) is 0 Å². The number of ketones is 1. The summed E-state index contributed by atoms with van der Waals surface area (Å²) >= 11 is 0. The summed E-state index contributed by atoms with van der Waals surface area (Å²) in [4.78, 5) is 13.3. The number of aryl methyl sites for hydroxylation is 2. The number of fused-ring (bicyclic) bond motifs is 1. The quantitative estimate of drug-likeness (QED) is 0.315. The molecule has 1 atom stereocenters. The Bertz CT molecular complexity index is 1170. The molecule has 0 radical (unpaired) electrons. The van der Waals surface area contributed by atoms with E-state index in [2.05, 4.69) is 80.8 Å². The van der Waals surface area contributed by atoms with Gasteiger partial charge in [-0.2, -0.15) is 0 Å². The second kappa shape index (κ2) is 8.31. The molecule has 0 spiro atoms. The molecule has 0 saturated carbocycles. The lowest BCUT2D eigenvalue weighted by atomic mass is 9.86. The fourth-order valence-electron chi connectivity index (χ4n) is 4.53. The second-order valence-electron chi connectivity index (χ2n) is 8.45. The molecule has 0 saturated heterocycles. The van der Waals surface area contributed by atoms with E-state index in [1.807, 2.05) is 30.3 Å². The zero-order chi connectivity index (χ0) is 21.3. The number of hydrogen-bond acceptors (Lipinski definition) is 1. The molecule has 1 heterocycles. The van der Waals surface area contributed by atoms with Crippen LogP contribution in [0, 0.1) is 13.8 Å². The Kier molecular flexibility index (Phi) is 5.59. The Morgan fingerprint density at radius 3 is 2.13 bits per heavy atom. The maximum absolute atomic E-state index is 13.3. The molecule has 0 aliphatic heterocycles. The average Bonchev–Trinajstić information content (AvgIpc) is 3.06. The van der Waals surface area contributed by atoms with Gasteiger partial charge in [-0.25, -0.2) is 0 Å². The van der Waals surface area contributed by atoms with E-state index >= 15 is 0 Å². The van der Waals surface area contributed by atoms with Gasteiger partial charge in [0.1, 0.15) is 0 Å². The second-order valence-corrected chi connectivity index (χ2v) is 8.45. The van der Waals surface area contributed by atoms with Crippen molar-refractivity contribution >= 4 is 16.7 Å². The molecule has 4 rings (SSSR count). The number of Topliss-reactive ketones (excluding diaryl/α,β-unsaturated/α-hetero) is 1. The van der Waals surface area contributed by atoms with Crippen LogP contribution in [0.15, 0.2) is 78.9 Å². The molecular formula is C28H29NO. The van der Waals surface area contributed by atoms with E-state index in [9.17, 15) is 4.79 Å². The van der Waals surface area contributed by atoms with Gasteiger partial charge in [0.25, 0.3) is 0 Å². The largest absolute Gasteiger partial charge is 0.341 e. The number of hydrogen-bond donors (Lipinski definition) is 0. The van der Waals surface area contributed by atoms with Crippen LogP contribution in [0.3, 0.4) is 0 Å². The Labute approximate surface area is 179 Å². The predicted octanol–water partition coefficient (Wildman–Crippen LogP) is 7.24. The van der Waals surface area contributed by atoms with Crippen LogP contribution < -0.4 is 0 Å². The third-order valence-corrected chi connectivity index (χ3v) is 6.02. The summed E-state index contributed by atoms with van der Waals surface area (Å²) in [6, 6.07) is 27.2. The zero-order valence-corrected chi connectivity index (χ0v) is 18.2. The van der Waals surface area contributed by atoms with Gasteiger partial charge in [0.15, 0.2) is 5.78 Å². The average molecular weight is 396 g/mol. The van der Waals surface area contributed by atoms with Gasteiger partial charge in [0.05, 0.1) is 0 Å². The molecule has 0 N–H and O–H groups in total. The summed E-state index contributed by atoms with van der Waals surface area (Å²) in [5, 5.41) is 1.27. The number of nitrogens with zero attached hydrogens (tertiary/aromatic N) is 1. The summed E-state index contributed by atoms with van der Waals surface area (Å²) in [7, 11) is 0. The van der Waals surface area contributed by atoms with Crippen molar-refractivity contribution in [3.63, 3.8) is 0 Å². The molecule has 0 amide bonds. The molecule has 2 nitrogen and oxygen atoms in total. The summed E-state index contributed by atoms with van der Waals surface area (Å²) in [5.41, 5.74) is 6.96. The van der Waals surface area contributed by atoms with Gasteiger partial charge in [-0.3, -0.25) is 4.79 Å². The van der Waals surface area contributed by atoms with Crippen molar-refractivity contribution in [2.24, 2.45) is 0 Å². The van der Waals surface area contributed by atoms with Crippen molar-refractivity contribution in [1.29, 1.82) is 0 Å². The summed E-state index contributed by atoms with van der Waals surface area (Å²) in [5.74, 6) is 0.189. The molecular weight excluding hydrogens is 366 g/mol. The first-order valence-electron chi connectivity index (χ1n) is 10.7. The molecule has 30 heavy (non-hydrogen) atoms. The molecule has 0 aliphatic carbocycles. The van der Waals surface area contributed by atoms with Crippen LogP contribution in [0.2, 0.25) is 0 Å². The van der Waals surface area contributed by atoms with Crippen LogP contribution in [-0.4, -0.2) is 10.4 Å². The molecule has 0 fully saturated rings. The number of aromatic nitrogens is 1. The van der Waals surface area contributed by atoms with Crippen molar-refractivity contribution in [1.82, 2.24) is 4.57 Å². The topological polar surface area (TPSA) is 22.0 Å². The highest BCUT2D eigenvalue weighted by molar-refractivity contribution is 5.97. The molecule has 4 aromatic rings. The standard InChI is InChI=1S/C28H29NO/c1-19(2)29-26-13-9-8-12-24(26)21(4)28(29)25(22-16-14-20(3)15-17-22)18-27(30)23-10-6-5-7-11-23/h5-17,19,25H,18H2,1-4H3. The highest BCUT2D eigenvalue weighted by Crippen LogP contribution is 2.39. The van der Waals surface area contributed by atoms with Crippen LogP contribution in [0.4, 0.5) is 0 Å². The lowest BCUT2D eigenvalue weighted by Gasteiger charge is -2.24. The number of benzene rings is 3. The first-order chi connectivity index (χ1) is 14.5.